The van der Waals surface area contributed by atoms with Gasteiger partial charge in [-0.1, -0.05) is 31.0 Å². The Labute approximate surface area is 115 Å². The first-order valence-corrected chi connectivity index (χ1v) is 7.15. The van der Waals surface area contributed by atoms with Crippen LogP contribution >= 0.6 is 0 Å². The normalized spacial score (nSPS) is 22.8. The molecule has 2 rings (SSSR count). The number of likely N-dealkylation sites (tertiary alicyclic amines) is 1. The van der Waals surface area contributed by atoms with Crippen molar-refractivity contribution >= 4 is 5.91 Å². The van der Waals surface area contributed by atoms with Crippen molar-refractivity contribution in [1.82, 2.24) is 4.90 Å². The lowest BCUT2D eigenvalue weighted by molar-refractivity contribution is 0.0784. The molecule has 0 bridgehead atoms. The van der Waals surface area contributed by atoms with Gasteiger partial charge in [0.15, 0.2) is 0 Å². The molecule has 3 nitrogen and oxygen atoms in total. The molecular weight excluding hydrogens is 236 g/mol. The molecule has 2 atom stereocenters. The zero-order chi connectivity index (χ0) is 14.0. The Hall–Kier alpha value is -1.35. The topological polar surface area (TPSA) is 46.3 Å². The van der Waals surface area contributed by atoms with Gasteiger partial charge in [0.05, 0.1) is 0 Å². The third-order valence-corrected chi connectivity index (χ3v) is 4.06. The van der Waals surface area contributed by atoms with E-state index < -0.39 is 0 Å². The summed E-state index contributed by atoms with van der Waals surface area (Å²) in [6.45, 7) is 7.68. The predicted octanol–water partition coefficient (Wildman–Crippen LogP) is 2.50. The van der Waals surface area contributed by atoms with Crippen molar-refractivity contribution in [3.05, 3.63) is 34.9 Å². The molecule has 0 aliphatic carbocycles. The number of nitrogens with zero attached hydrogens (tertiary/aromatic N) is 1. The first-order valence-electron chi connectivity index (χ1n) is 7.15. The molecule has 1 aliphatic heterocycles. The molecule has 3 heteroatoms. The molecule has 1 aromatic rings. The zero-order valence-electron chi connectivity index (χ0n) is 12.1. The van der Waals surface area contributed by atoms with Crippen molar-refractivity contribution < 1.29 is 4.79 Å². The third kappa shape index (κ3) is 2.98. The van der Waals surface area contributed by atoms with Gasteiger partial charge in [0.1, 0.15) is 0 Å². The SMILES string of the molecule is CCC[C@@H]1CN(C(=O)c2cc(C)ccc2C)C[C@H]1N. The Bertz CT molecular complexity index is 470. The van der Waals surface area contributed by atoms with Crippen LogP contribution in [0.25, 0.3) is 0 Å². The van der Waals surface area contributed by atoms with Crippen LogP contribution in [0.3, 0.4) is 0 Å². The first kappa shape index (κ1) is 14.1. The quantitative estimate of drug-likeness (QED) is 0.907. The van der Waals surface area contributed by atoms with Crippen molar-refractivity contribution in [2.45, 2.75) is 39.7 Å². The van der Waals surface area contributed by atoms with Gasteiger partial charge in [0.25, 0.3) is 5.91 Å². The molecule has 1 heterocycles. The maximum Gasteiger partial charge on any atom is 0.254 e. The van der Waals surface area contributed by atoms with Gasteiger partial charge in [0, 0.05) is 24.7 Å². The van der Waals surface area contributed by atoms with Crippen LogP contribution in [0.15, 0.2) is 18.2 Å². The largest absolute Gasteiger partial charge is 0.337 e. The Morgan fingerprint density at radius 2 is 2.11 bits per heavy atom. The molecule has 19 heavy (non-hydrogen) atoms. The Kier molecular flexibility index (Phi) is 4.25. The van der Waals surface area contributed by atoms with Crippen LogP contribution in [0.1, 0.15) is 41.3 Å². The Morgan fingerprint density at radius 3 is 2.79 bits per heavy atom. The number of carbonyl (C=O) groups excluding carboxylic acids is 1. The average molecular weight is 260 g/mol. The molecule has 2 N–H and O–H groups in total. The van der Waals surface area contributed by atoms with E-state index in [-0.39, 0.29) is 11.9 Å². The summed E-state index contributed by atoms with van der Waals surface area (Å²) in [7, 11) is 0. The van der Waals surface area contributed by atoms with Gasteiger partial charge in [-0.25, -0.2) is 0 Å². The second kappa shape index (κ2) is 5.74. The van der Waals surface area contributed by atoms with E-state index in [9.17, 15) is 4.79 Å². The first-order chi connectivity index (χ1) is 9.02. The minimum atomic E-state index is 0.133. The van der Waals surface area contributed by atoms with Crippen LogP contribution in [0.5, 0.6) is 0 Å². The lowest BCUT2D eigenvalue weighted by atomic mass is 9.99. The number of rotatable bonds is 3. The van der Waals surface area contributed by atoms with Crippen molar-refractivity contribution in [3.63, 3.8) is 0 Å². The zero-order valence-corrected chi connectivity index (χ0v) is 12.1. The second-order valence-electron chi connectivity index (χ2n) is 5.74. The monoisotopic (exact) mass is 260 g/mol. The number of hydrogen-bond acceptors (Lipinski definition) is 2. The molecule has 1 aliphatic rings. The van der Waals surface area contributed by atoms with Gasteiger partial charge < -0.3 is 10.6 Å². The standard InChI is InChI=1S/C16H24N2O/c1-4-5-13-9-18(10-15(13)17)16(19)14-8-11(2)6-7-12(14)3/h6-8,13,15H,4-5,9-10,17H2,1-3H3/t13-,15-/m1/s1. The summed E-state index contributed by atoms with van der Waals surface area (Å²) < 4.78 is 0. The summed E-state index contributed by atoms with van der Waals surface area (Å²) in [5.41, 5.74) is 9.14. The molecule has 0 spiro atoms. The molecule has 0 unspecified atom stereocenters. The van der Waals surface area contributed by atoms with Gasteiger partial charge in [-0.05, 0) is 37.8 Å². The van der Waals surface area contributed by atoms with Gasteiger partial charge in [-0.15, -0.1) is 0 Å². The number of hydrogen-bond donors (Lipinski definition) is 1. The van der Waals surface area contributed by atoms with Crippen LogP contribution in [-0.4, -0.2) is 29.9 Å². The van der Waals surface area contributed by atoms with Gasteiger partial charge in [-0.3, -0.25) is 4.79 Å². The number of aryl methyl sites for hydroxylation is 2. The summed E-state index contributed by atoms with van der Waals surface area (Å²) in [6.07, 6.45) is 2.24. The molecule has 104 valence electrons. The number of benzene rings is 1. The third-order valence-electron chi connectivity index (χ3n) is 4.06. The van der Waals surface area contributed by atoms with Crippen molar-refractivity contribution in [1.29, 1.82) is 0 Å². The van der Waals surface area contributed by atoms with Gasteiger partial charge in [-0.2, -0.15) is 0 Å². The van der Waals surface area contributed by atoms with E-state index in [1.165, 1.54) is 0 Å². The van der Waals surface area contributed by atoms with Crippen molar-refractivity contribution in [3.8, 4) is 0 Å². The average Bonchev–Trinajstić information content (AvgIpc) is 2.74. The van der Waals surface area contributed by atoms with Gasteiger partial charge in [0.2, 0.25) is 0 Å². The summed E-state index contributed by atoms with van der Waals surface area (Å²) in [6, 6.07) is 6.18. The minimum absolute atomic E-state index is 0.133. The fraction of sp³-hybridized carbons (Fsp3) is 0.562. The number of amides is 1. The van der Waals surface area contributed by atoms with Crippen LogP contribution in [0, 0.1) is 19.8 Å². The van der Waals surface area contributed by atoms with E-state index in [0.29, 0.717) is 12.5 Å². The highest BCUT2D eigenvalue weighted by Crippen LogP contribution is 2.23. The van der Waals surface area contributed by atoms with E-state index in [4.69, 9.17) is 5.73 Å². The summed E-state index contributed by atoms with van der Waals surface area (Å²) in [5, 5.41) is 0. The number of nitrogens with two attached hydrogens (primary N) is 1. The molecule has 0 saturated carbocycles. The van der Waals surface area contributed by atoms with Crippen LogP contribution in [0.4, 0.5) is 0 Å². The lowest BCUT2D eigenvalue weighted by Crippen LogP contribution is -2.32. The fourth-order valence-corrected chi connectivity index (χ4v) is 2.88. The maximum atomic E-state index is 12.6. The molecule has 0 radical (unpaired) electrons. The van der Waals surface area contributed by atoms with Crippen molar-refractivity contribution in [2.24, 2.45) is 11.7 Å². The minimum Gasteiger partial charge on any atom is -0.337 e. The highest BCUT2D eigenvalue weighted by atomic mass is 16.2. The molecule has 1 fully saturated rings. The van der Waals surface area contributed by atoms with Crippen LogP contribution in [-0.2, 0) is 0 Å². The summed E-state index contributed by atoms with van der Waals surface area (Å²) >= 11 is 0. The number of carbonyl (C=O) groups is 1. The molecule has 0 aromatic heterocycles. The molecule has 1 amide bonds. The van der Waals surface area contributed by atoms with E-state index >= 15 is 0 Å². The second-order valence-corrected chi connectivity index (χ2v) is 5.74. The van der Waals surface area contributed by atoms with E-state index in [2.05, 4.69) is 6.92 Å². The van der Waals surface area contributed by atoms with Crippen molar-refractivity contribution in [2.75, 3.05) is 13.1 Å². The van der Waals surface area contributed by atoms with Gasteiger partial charge >= 0.3 is 0 Å². The van der Waals surface area contributed by atoms with E-state index in [1.807, 2.05) is 36.9 Å². The molecule has 1 aromatic carbocycles. The highest BCUT2D eigenvalue weighted by molar-refractivity contribution is 5.96. The fourth-order valence-electron chi connectivity index (χ4n) is 2.88. The molecular formula is C16H24N2O. The Balaban J connectivity index is 2.15. The smallest absolute Gasteiger partial charge is 0.254 e. The summed E-state index contributed by atoms with van der Waals surface area (Å²) in [5.74, 6) is 0.592. The van der Waals surface area contributed by atoms with E-state index in [1.54, 1.807) is 0 Å². The van der Waals surface area contributed by atoms with E-state index in [0.717, 1.165) is 36.1 Å². The molecule has 1 saturated heterocycles. The predicted molar refractivity (Wildman–Crippen MR) is 78.2 cm³/mol. The lowest BCUT2D eigenvalue weighted by Gasteiger charge is -2.18. The van der Waals surface area contributed by atoms with Crippen LogP contribution in [0.2, 0.25) is 0 Å². The maximum absolute atomic E-state index is 12.6. The highest BCUT2D eigenvalue weighted by Gasteiger charge is 2.32. The summed E-state index contributed by atoms with van der Waals surface area (Å²) in [4.78, 5) is 14.5. The Morgan fingerprint density at radius 1 is 1.37 bits per heavy atom. The van der Waals surface area contributed by atoms with Crippen LogP contribution < -0.4 is 5.73 Å².